The molecule has 1 aromatic carbocycles. The fraction of sp³-hybridized carbons (Fsp3) is 0.455. The first-order chi connectivity index (χ1) is 14.2. The molecule has 1 aliphatic heterocycles. The van der Waals surface area contributed by atoms with Crippen molar-refractivity contribution in [3.8, 4) is 0 Å². The third-order valence-corrected chi connectivity index (χ3v) is 6.15. The first-order valence-corrected chi connectivity index (χ1v) is 10.1. The zero-order valence-corrected chi connectivity index (χ0v) is 17.0. The number of carbonyl (C=O) groups excluding carboxylic acids is 1. The van der Waals surface area contributed by atoms with Gasteiger partial charge in [-0.05, 0) is 42.7 Å². The highest BCUT2D eigenvalue weighted by atomic mass is 19.4. The number of anilines is 2. The van der Waals surface area contributed by atoms with Crippen LogP contribution in [0.25, 0.3) is 0 Å². The number of rotatable bonds is 3. The van der Waals surface area contributed by atoms with Crippen LogP contribution in [0.3, 0.4) is 0 Å². The number of alkyl halides is 3. The summed E-state index contributed by atoms with van der Waals surface area (Å²) < 4.78 is 38.9. The van der Waals surface area contributed by atoms with Crippen LogP contribution in [0.5, 0.6) is 0 Å². The summed E-state index contributed by atoms with van der Waals surface area (Å²) in [6.45, 7) is 0. The summed E-state index contributed by atoms with van der Waals surface area (Å²) >= 11 is 0. The van der Waals surface area contributed by atoms with Crippen molar-refractivity contribution in [2.24, 2.45) is 0 Å². The second kappa shape index (κ2) is 7.49. The average Bonchev–Trinajstić information content (AvgIpc) is 2.99. The lowest BCUT2D eigenvalue weighted by Gasteiger charge is -2.39. The fourth-order valence-electron chi connectivity index (χ4n) is 4.64. The van der Waals surface area contributed by atoms with E-state index in [1.165, 1.54) is 11.0 Å². The van der Waals surface area contributed by atoms with Crippen LogP contribution >= 0.6 is 0 Å². The Hall–Kier alpha value is -2.77. The molecular weight excluding hydrogens is 393 g/mol. The van der Waals surface area contributed by atoms with Gasteiger partial charge in [0.1, 0.15) is 5.82 Å². The van der Waals surface area contributed by atoms with E-state index < -0.39 is 17.3 Å². The summed E-state index contributed by atoms with van der Waals surface area (Å²) in [5, 5.41) is 3.16. The van der Waals surface area contributed by atoms with Crippen molar-refractivity contribution >= 4 is 17.5 Å². The Bertz CT molecular complexity index is 903. The Balaban J connectivity index is 1.76. The van der Waals surface area contributed by atoms with E-state index in [-0.39, 0.29) is 17.9 Å². The molecule has 0 radical (unpaired) electrons. The first kappa shape index (κ1) is 20.5. The normalized spacial score (nSPS) is 21.0. The highest BCUT2D eigenvalue weighted by Gasteiger charge is 2.53. The molecule has 4 rings (SSSR count). The molecule has 2 aliphatic rings. The molecule has 30 heavy (non-hydrogen) atoms. The average molecular weight is 418 g/mol. The number of halogens is 3. The van der Waals surface area contributed by atoms with Gasteiger partial charge in [-0.2, -0.15) is 13.2 Å². The van der Waals surface area contributed by atoms with E-state index in [1.807, 2.05) is 43.3 Å². The van der Waals surface area contributed by atoms with Gasteiger partial charge >= 0.3 is 12.2 Å². The van der Waals surface area contributed by atoms with E-state index in [1.54, 1.807) is 0 Å². The summed E-state index contributed by atoms with van der Waals surface area (Å²) in [7, 11) is 3.91. The number of aromatic nitrogens is 1. The number of carbonyl (C=O) groups is 1. The molecule has 1 unspecified atom stereocenters. The summed E-state index contributed by atoms with van der Waals surface area (Å²) in [6.07, 6.45) is 1.10. The van der Waals surface area contributed by atoms with Gasteiger partial charge in [0.05, 0.1) is 17.1 Å². The molecule has 2 aromatic rings. The number of amides is 2. The molecule has 160 valence electrons. The molecule has 1 aromatic heterocycles. The van der Waals surface area contributed by atoms with E-state index in [4.69, 9.17) is 0 Å². The molecule has 1 saturated carbocycles. The van der Waals surface area contributed by atoms with E-state index in [2.05, 4.69) is 10.3 Å². The van der Waals surface area contributed by atoms with E-state index in [0.717, 1.165) is 55.6 Å². The summed E-state index contributed by atoms with van der Waals surface area (Å²) in [5.74, 6) is 0.227. The summed E-state index contributed by atoms with van der Waals surface area (Å²) in [4.78, 5) is 20.6. The van der Waals surface area contributed by atoms with Gasteiger partial charge in [0.25, 0.3) is 0 Å². The molecule has 1 aliphatic carbocycles. The molecule has 0 bridgehead atoms. The molecule has 1 atom stereocenters. The standard InChI is InChI=1S/C22H25F3N4O/c1-28(2)17-9-6-15(7-10-17)19-21(12-4-3-5-13-21)27-20(30)29(19)18-11-8-16(14-26-18)22(23,24)25/h6-11,14,19H,3-5,12-13H2,1-2H3,(H,27,30). The second-order valence-electron chi connectivity index (χ2n) is 8.31. The minimum absolute atomic E-state index is 0.227. The largest absolute Gasteiger partial charge is 0.417 e. The van der Waals surface area contributed by atoms with Gasteiger partial charge in [-0.3, -0.25) is 4.90 Å². The van der Waals surface area contributed by atoms with Crippen molar-refractivity contribution in [3.05, 3.63) is 53.7 Å². The fourth-order valence-corrected chi connectivity index (χ4v) is 4.64. The summed E-state index contributed by atoms with van der Waals surface area (Å²) in [5.41, 5.74) is 0.708. The van der Waals surface area contributed by atoms with Crippen molar-refractivity contribution in [3.63, 3.8) is 0 Å². The minimum Gasteiger partial charge on any atom is -0.378 e. The lowest BCUT2D eigenvalue weighted by atomic mass is 9.74. The number of nitrogens with one attached hydrogen (secondary N) is 1. The van der Waals surface area contributed by atoms with E-state index in [0.29, 0.717) is 0 Å². The zero-order chi connectivity index (χ0) is 21.5. The van der Waals surface area contributed by atoms with Gasteiger partial charge < -0.3 is 10.2 Å². The van der Waals surface area contributed by atoms with Crippen molar-refractivity contribution < 1.29 is 18.0 Å². The molecule has 2 heterocycles. The van der Waals surface area contributed by atoms with E-state index >= 15 is 0 Å². The van der Waals surface area contributed by atoms with Crippen molar-refractivity contribution in [2.75, 3.05) is 23.9 Å². The molecule has 8 heteroatoms. The topological polar surface area (TPSA) is 48.5 Å². The molecule has 2 fully saturated rings. The quantitative estimate of drug-likeness (QED) is 0.751. The monoisotopic (exact) mass is 418 g/mol. The Morgan fingerprint density at radius 3 is 2.27 bits per heavy atom. The van der Waals surface area contributed by atoms with Crippen LogP contribution in [0.1, 0.15) is 49.3 Å². The molecule has 1 spiro atoms. The smallest absolute Gasteiger partial charge is 0.378 e. The van der Waals surface area contributed by atoms with Crippen LogP contribution in [0.15, 0.2) is 42.6 Å². The SMILES string of the molecule is CN(C)c1ccc(C2N(c3ccc(C(F)(F)F)cn3)C(=O)NC23CCCCC3)cc1. The number of hydrogen-bond acceptors (Lipinski definition) is 3. The van der Waals surface area contributed by atoms with Crippen molar-refractivity contribution in [2.45, 2.75) is 49.9 Å². The number of pyridine rings is 1. The lowest BCUT2D eigenvalue weighted by Crippen LogP contribution is -2.46. The maximum Gasteiger partial charge on any atom is 0.417 e. The third kappa shape index (κ3) is 3.59. The molecule has 5 nitrogen and oxygen atoms in total. The highest BCUT2D eigenvalue weighted by Crippen LogP contribution is 2.47. The number of nitrogens with zero attached hydrogens (tertiary/aromatic N) is 3. The predicted octanol–water partition coefficient (Wildman–Crippen LogP) is 5.14. The lowest BCUT2D eigenvalue weighted by molar-refractivity contribution is -0.137. The second-order valence-corrected chi connectivity index (χ2v) is 8.31. The first-order valence-electron chi connectivity index (χ1n) is 10.1. The Labute approximate surface area is 173 Å². The Kier molecular flexibility index (Phi) is 5.11. The van der Waals surface area contributed by atoms with Gasteiger partial charge in [0.15, 0.2) is 0 Å². The van der Waals surface area contributed by atoms with Crippen LogP contribution in [0, 0.1) is 0 Å². The van der Waals surface area contributed by atoms with Crippen LogP contribution in [0.4, 0.5) is 29.5 Å². The maximum atomic E-state index is 13.0. The van der Waals surface area contributed by atoms with Gasteiger partial charge in [-0.15, -0.1) is 0 Å². The van der Waals surface area contributed by atoms with Crippen molar-refractivity contribution in [1.29, 1.82) is 0 Å². The van der Waals surface area contributed by atoms with Crippen molar-refractivity contribution in [1.82, 2.24) is 10.3 Å². The number of urea groups is 1. The van der Waals surface area contributed by atoms with Crippen LogP contribution in [-0.2, 0) is 6.18 Å². The molecule has 1 saturated heterocycles. The molecular formula is C22H25F3N4O. The van der Waals surface area contributed by atoms with Gasteiger partial charge in [0, 0.05) is 26.0 Å². The van der Waals surface area contributed by atoms with Gasteiger partial charge in [-0.1, -0.05) is 31.4 Å². The highest BCUT2D eigenvalue weighted by molar-refractivity contribution is 5.95. The van der Waals surface area contributed by atoms with Gasteiger partial charge in [-0.25, -0.2) is 9.78 Å². The molecule has 1 N–H and O–H groups in total. The third-order valence-electron chi connectivity index (χ3n) is 6.15. The van der Waals surface area contributed by atoms with Gasteiger partial charge in [0.2, 0.25) is 0 Å². The maximum absolute atomic E-state index is 13.0. The number of hydrogen-bond donors (Lipinski definition) is 1. The van der Waals surface area contributed by atoms with Crippen LogP contribution < -0.4 is 15.1 Å². The zero-order valence-electron chi connectivity index (χ0n) is 17.0. The van der Waals surface area contributed by atoms with Crippen LogP contribution in [0.2, 0.25) is 0 Å². The van der Waals surface area contributed by atoms with E-state index in [9.17, 15) is 18.0 Å². The summed E-state index contributed by atoms with van der Waals surface area (Å²) in [6, 6.07) is 9.59. The minimum atomic E-state index is -4.47. The Morgan fingerprint density at radius 1 is 1.07 bits per heavy atom. The molecule has 2 amide bonds. The predicted molar refractivity (Wildman–Crippen MR) is 110 cm³/mol. The number of benzene rings is 1. The van der Waals surface area contributed by atoms with Crippen LogP contribution in [-0.4, -0.2) is 30.6 Å². The Morgan fingerprint density at radius 2 is 1.73 bits per heavy atom.